The van der Waals surface area contributed by atoms with Crippen molar-refractivity contribution >= 4 is 5.97 Å². The van der Waals surface area contributed by atoms with E-state index in [-0.39, 0.29) is 13.0 Å². The molecule has 1 atom stereocenters. The zero-order valence-corrected chi connectivity index (χ0v) is 10.0. The van der Waals surface area contributed by atoms with Crippen LogP contribution < -0.4 is 0 Å². The number of carboxylic acid groups (broad SMARTS) is 1. The van der Waals surface area contributed by atoms with Crippen molar-refractivity contribution in [1.82, 2.24) is 0 Å². The lowest BCUT2D eigenvalue weighted by Gasteiger charge is -1.95. The van der Waals surface area contributed by atoms with Gasteiger partial charge in [-0.1, -0.05) is 30.1 Å². The zero-order chi connectivity index (χ0) is 13.6. The molecule has 0 spiro atoms. The molecule has 0 aliphatic heterocycles. The average Bonchev–Trinajstić information content (AvgIpc) is 2.31. The summed E-state index contributed by atoms with van der Waals surface area (Å²) < 4.78 is 4.79. The molecule has 0 fully saturated rings. The van der Waals surface area contributed by atoms with Gasteiger partial charge in [-0.25, -0.2) is 4.79 Å². The number of aliphatic carboxylic acids is 1. The number of aliphatic hydroxyl groups excluding tert-OH is 1. The maximum Gasteiger partial charge on any atom is 0.329 e. The molecule has 2 N–H and O–H groups in total. The Kier molecular flexibility index (Phi) is 10.2. The van der Waals surface area contributed by atoms with Gasteiger partial charge in [-0.15, -0.1) is 12.3 Å². The molecule has 0 amide bonds. The second-order valence-electron chi connectivity index (χ2n) is 3.24. The molecule has 0 unspecified atom stereocenters. The topological polar surface area (TPSA) is 66.8 Å². The van der Waals surface area contributed by atoms with E-state index in [1.165, 1.54) is 0 Å². The third-order valence-corrected chi connectivity index (χ3v) is 1.65. The third-order valence-electron chi connectivity index (χ3n) is 1.65. The first kappa shape index (κ1) is 16.0. The van der Waals surface area contributed by atoms with Crippen molar-refractivity contribution in [3.8, 4) is 24.2 Å². The van der Waals surface area contributed by atoms with Gasteiger partial charge in [0.25, 0.3) is 0 Å². The van der Waals surface area contributed by atoms with Crippen LogP contribution in [0.2, 0.25) is 0 Å². The Morgan fingerprint density at radius 1 is 1.44 bits per heavy atom. The summed E-state index contributed by atoms with van der Waals surface area (Å²) in [6, 6.07) is 0. The smallest absolute Gasteiger partial charge is 0.329 e. The Balaban J connectivity index is 3.64. The van der Waals surface area contributed by atoms with Crippen LogP contribution in [0.15, 0.2) is 24.3 Å². The molecular weight excluding hydrogens is 232 g/mol. The van der Waals surface area contributed by atoms with E-state index in [0.29, 0.717) is 13.0 Å². The average molecular weight is 248 g/mol. The number of aliphatic hydroxyl groups is 1. The summed E-state index contributed by atoms with van der Waals surface area (Å²) in [5.41, 5.74) is 0. The summed E-state index contributed by atoms with van der Waals surface area (Å²) in [5.74, 6) is 6.90. The highest BCUT2D eigenvalue weighted by Crippen LogP contribution is 1.91. The summed E-state index contributed by atoms with van der Waals surface area (Å²) >= 11 is 0. The number of ether oxygens (including phenoxy) is 1. The number of carboxylic acids is 1. The number of rotatable bonds is 7. The molecule has 0 rings (SSSR count). The SMILES string of the molecule is C#CC[C@@H](O)C=CC=CC#CCCOCC(=O)O. The molecule has 0 saturated carbocycles. The van der Waals surface area contributed by atoms with Crippen molar-refractivity contribution in [2.45, 2.75) is 18.9 Å². The van der Waals surface area contributed by atoms with Crippen LogP contribution in [0.4, 0.5) is 0 Å². The van der Waals surface area contributed by atoms with Gasteiger partial charge in [0.2, 0.25) is 0 Å². The van der Waals surface area contributed by atoms with E-state index in [1.807, 2.05) is 0 Å². The highest BCUT2D eigenvalue weighted by Gasteiger charge is 1.93. The van der Waals surface area contributed by atoms with Gasteiger partial charge < -0.3 is 14.9 Å². The van der Waals surface area contributed by atoms with Crippen molar-refractivity contribution in [2.24, 2.45) is 0 Å². The lowest BCUT2D eigenvalue weighted by atomic mass is 10.2. The predicted octanol–water partition coefficient (Wildman–Crippen LogP) is 0.978. The van der Waals surface area contributed by atoms with E-state index >= 15 is 0 Å². The molecule has 0 radical (unpaired) electrons. The fourth-order valence-electron chi connectivity index (χ4n) is 0.899. The second-order valence-corrected chi connectivity index (χ2v) is 3.24. The number of hydrogen-bond donors (Lipinski definition) is 2. The van der Waals surface area contributed by atoms with Gasteiger partial charge in [-0.2, -0.15) is 0 Å². The lowest BCUT2D eigenvalue weighted by molar-refractivity contribution is -0.142. The summed E-state index contributed by atoms with van der Waals surface area (Å²) in [5, 5.41) is 17.5. The normalized spacial score (nSPS) is 12.0. The number of terminal acetylenes is 1. The van der Waals surface area contributed by atoms with Crippen molar-refractivity contribution < 1.29 is 19.7 Å². The Morgan fingerprint density at radius 2 is 2.22 bits per heavy atom. The summed E-state index contributed by atoms with van der Waals surface area (Å²) in [6.07, 6.45) is 11.7. The Bertz CT molecular complexity index is 390. The van der Waals surface area contributed by atoms with Crippen LogP contribution in [0.1, 0.15) is 12.8 Å². The van der Waals surface area contributed by atoms with Crippen LogP contribution in [-0.4, -0.2) is 35.5 Å². The maximum absolute atomic E-state index is 10.1. The standard InChI is InChI=1S/C14H16O4/c1-2-9-13(15)10-7-5-3-4-6-8-11-18-12-14(16)17/h1,3,5,7,10,13,15H,8-9,11-12H2,(H,16,17)/t13-/m1/s1. The molecule has 0 aromatic heterocycles. The molecule has 4 heteroatoms. The summed E-state index contributed by atoms with van der Waals surface area (Å²) in [4.78, 5) is 10.1. The summed E-state index contributed by atoms with van der Waals surface area (Å²) in [7, 11) is 0. The van der Waals surface area contributed by atoms with Crippen molar-refractivity contribution in [3.63, 3.8) is 0 Å². The molecule has 0 aromatic rings. The van der Waals surface area contributed by atoms with E-state index in [2.05, 4.69) is 17.8 Å². The molecule has 0 aliphatic rings. The highest BCUT2D eigenvalue weighted by molar-refractivity contribution is 5.67. The minimum atomic E-state index is -0.987. The van der Waals surface area contributed by atoms with Crippen LogP contribution >= 0.6 is 0 Å². The van der Waals surface area contributed by atoms with Crippen molar-refractivity contribution in [3.05, 3.63) is 24.3 Å². The van der Waals surface area contributed by atoms with E-state index in [1.54, 1.807) is 24.3 Å². The van der Waals surface area contributed by atoms with Crippen LogP contribution in [0.25, 0.3) is 0 Å². The first-order chi connectivity index (χ1) is 8.66. The molecule has 96 valence electrons. The zero-order valence-electron chi connectivity index (χ0n) is 10.0. The van der Waals surface area contributed by atoms with Gasteiger partial charge in [0, 0.05) is 12.8 Å². The lowest BCUT2D eigenvalue weighted by Crippen LogP contribution is -2.07. The third kappa shape index (κ3) is 12.1. The maximum atomic E-state index is 10.1. The minimum Gasteiger partial charge on any atom is -0.480 e. The second kappa shape index (κ2) is 11.5. The van der Waals surface area contributed by atoms with Crippen LogP contribution in [0.3, 0.4) is 0 Å². The number of hydrogen-bond acceptors (Lipinski definition) is 3. The van der Waals surface area contributed by atoms with E-state index < -0.39 is 12.1 Å². The largest absolute Gasteiger partial charge is 0.480 e. The minimum absolute atomic E-state index is 0.289. The van der Waals surface area contributed by atoms with Crippen molar-refractivity contribution in [2.75, 3.05) is 13.2 Å². The van der Waals surface area contributed by atoms with Crippen LogP contribution in [0.5, 0.6) is 0 Å². The monoisotopic (exact) mass is 248 g/mol. The van der Waals surface area contributed by atoms with Gasteiger partial charge in [-0.05, 0) is 6.08 Å². The molecule has 0 aromatic carbocycles. The van der Waals surface area contributed by atoms with E-state index in [4.69, 9.17) is 16.3 Å². The first-order valence-corrected chi connectivity index (χ1v) is 5.39. The molecule has 0 aliphatic carbocycles. The highest BCUT2D eigenvalue weighted by atomic mass is 16.5. The fraction of sp³-hybridized carbons (Fsp3) is 0.357. The quantitative estimate of drug-likeness (QED) is 0.400. The van der Waals surface area contributed by atoms with E-state index in [9.17, 15) is 9.90 Å². The molecule has 0 heterocycles. The van der Waals surface area contributed by atoms with Crippen molar-refractivity contribution in [1.29, 1.82) is 0 Å². The summed E-state index contributed by atoms with van der Waals surface area (Å²) in [6.45, 7) is -0.00279. The predicted molar refractivity (Wildman–Crippen MR) is 68.6 cm³/mol. The number of allylic oxidation sites excluding steroid dienone is 3. The Hall–Kier alpha value is -2.01. The molecule has 0 saturated heterocycles. The first-order valence-electron chi connectivity index (χ1n) is 5.39. The molecule has 4 nitrogen and oxygen atoms in total. The van der Waals surface area contributed by atoms with Crippen LogP contribution in [-0.2, 0) is 9.53 Å². The van der Waals surface area contributed by atoms with Gasteiger partial charge in [0.05, 0.1) is 12.7 Å². The Labute approximate surface area is 107 Å². The van der Waals surface area contributed by atoms with Gasteiger partial charge >= 0.3 is 5.97 Å². The molecule has 18 heavy (non-hydrogen) atoms. The van der Waals surface area contributed by atoms with Gasteiger partial charge in [0.1, 0.15) is 6.61 Å². The molecular formula is C14H16O4. The fourth-order valence-corrected chi connectivity index (χ4v) is 0.899. The molecule has 0 bridgehead atoms. The van der Waals surface area contributed by atoms with Gasteiger partial charge in [0.15, 0.2) is 0 Å². The Morgan fingerprint density at radius 3 is 2.89 bits per heavy atom. The van der Waals surface area contributed by atoms with Gasteiger partial charge in [-0.3, -0.25) is 0 Å². The number of carbonyl (C=O) groups is 1. The van der Waals surface area contributed by atoms with E-state index in [0.717, 1.165) is 0 Å². The van der Waals surface area contributed by atoms with Crippen LogP contribution in [0, 0.1) is 24.2 Å².